The first kappa shape index (κ1) is 28.7. The number of tetrazole rings is 1. The normalized spacial score (nSPS) is 16.3. The van der Waals surface area contributed by atoms with Crippen molar-refractivity contribution in [2.45, 2.75) is 58.6 Å². The average molecular weight is 557 g/mol. The lowest BCUT2D eigenvalue weighted by molar-refractivity contribution is -0.143. The number of anilines is 2. The summed E-state index contributed by atoms with van der Waals surface area (Å²) in [6.07, 6.45) is -8.74. The van der Waals surface area contributed by atoms with Gasteiger partial charge in [-0.2, -0.15) is 31.1 Å². The van der Waals surface area contributed by atoms with Crippen molar-refractivity contribution in [3.8, 4) is 0 Å². The summed E-state index contributed by atoms with van der Waals surface area (Å²) in [5.74, 6) is 0.0888. The van der Waals surface area contributed by atoms with E-state index in [2.05, 4.69) is 20.3 Å². The summed E-state index contributed by atoms with van der Waals surface area (Å²) in [5, 5.41) is 21.9. The summed E-state index contributed by atoms with van der Waals surface area (Å²) >= 11 is 0. The van der Waals surface area contributed by atoms with Crippen molar-refractivity contribution in [2.24, 2.45) is 7.05 Å². The second kappa shape index (κ2) is 10.7. The van der Waals surface area contributed by atoms with Crippen molar-refractivity contribution in [3.63, 3.8) is 0 Å². The molecule has 1 aliphatic rings. The summed E-state index contributed by atoms with van der Waals surface area (Å²) in [5.41, 5.74) is 1.86. The predicted molar refractivity (Wildman–Crippen MR) is 133 cm³/mol. The van der Waals surface area contributed by atoms with E-state index in [0.29, 0.717) is 25.9 Å². The lowest BCUT2D eigenvalue weighted by atomic mass is 9.91. The topological polar surface area (TPSA) is 70.3 Å². The third kappa shape index (κ3) is 5.97. The number of aryl methyl sites for hydroxylation is 2. The van der Waals surface area contributed by atoms with Crippen LogP contribution in [-0.4, -0.2) is 45.0 Å². The number of alkyl halides is 6. The minimum Gasteiger partial charge on any atom is -0.395 e. The zero-order valence-corrected chi connectivity index (χ0v) is 22.0. The molecule has 13 heteroatoms. The van der Waals surface area contributed by atoms with Crippen LogP contribution in [0.3, 0.4) is 0 Å². The molecule has 1 N–H and O–H groups in total. The molecule has 2 aromatic carbocycles. The van der Waals surface area contributed by atoms with Crippen LogP contribution in [0.1, 0.15) is 57.8 Å². The Morgan fingerprint density at radius 1 is 0.974 bits per heavy atom. The fourth-order valence-corrected chi connectivity index (χ4v) is 5.20. The Balaban J connectivity index is 1.90. The molecule has 1 atom stereocenters. The number of hydrogen-bond acceptors (Lipinski definition) is 6. The van der Waals surface area contributed by atoms with Crippen LogP contribution >= 0.6 is 0 Å². The van der Waals surface area contributed by atoms with Gasteiger partial charge in [0.15, 0.2) is 0 Å². The van der Waals surface area contributed by atoms with E-state index >= 15 is 0 Å². The number of aliphatic hydroxyl groups excluding tert-OH is 1. The molecule has 0 radical (unpaired) electrons. The number of aromatic nitrogens is 4. The van der Waals surface area contributed by atoms with Crippen LogP contribution < -0.4 is 9.80 Å². The van der Waals surface area contributed by atoms with Gasteiger partial charge in [-0.15, -0.1) is 5.10 Å². The molecule has 0 saturated heterocycles. The van der Waals surface area contributed by atoms with Gasteiger partial charge in [0.2, 0.25) is 0 Å². The van der Waals surface area contributed by atoms with Crippen molar-refractivity contribution < 1.29 is 31.4 Å². The Hall–Kier alpha value is -3.35. The predicted octanol–water partition coefficient (Wildman–Crippen LogP) is 5.51. The van der Waals surface area contributed by atoms with Gasteiger partial charge in [-0.1, -0.05) is 11.2 Å². The van der Waals surface area contributed by atoms with Crippen molar-refractivity contribution in [1.29, 1.82) is 0 Å². The first-order valence-corrected chi connectivity index (χ1v) is 12.5. The van der Waals surface area contributed by atoms with E-state index < -0.39 is 29.5 Å². The quantitative estimate of drug-likeness (QED) is 0.404. The molecular weight excluding hydrogens is 526 g/mol. The number of fused-ring (bicyclic) bond motifs is 1. The Labute approximate surface area is 222 Å². The molecule has 1 aromatic heterocycles. The molecule has 0 fully saturated rings. The molecular formula is C26H30F6N6O. The SMILES string of the molecule is Cc1cc2c(c(C)c1C)N(CCO)CCCC2N(Cc1cc(C(F)(F)F)cc(C(F)(F)F)c1)c1nnn(C)n1. The highest BCUT2D eigenvalue weighted by molar-refractivity contribution is 5.66. The number of aliphatic hydroxyl groups is 1. The lowest BCUT2D eigenvalue weighted by Gasteiger charge is -2.34. The zero-order chi connectivity index (χ0) is 28.7. The molecule has 0 aliphatic carbocycles. The van der Waals surface area contributed by atoms with Crippen molar-refractivity contribution >= 4 is 11.6 Å². The van der Waals surface area contributed by atoms with Gasteiger partial charge >= 0.3 is 12.4 Å². The Kier molecular flexibility index (Phi) is 7.84. The number of rotatable bonds is 6. The fraction of sp³-hybridized carbons (Fsp3) is 0.500. The molecule has 0 bridgehead atoms. The highest BCUT2D eigenvalue weighted by Gasteiger charge is 2.38. The maximum atomic E-state index is 13.6. The van der Waals surface area contributed by atoms with Gasteiger partial charge in [0.05, 0.1) is 30.8 Å². The summed E-state index contributed by atoms with van der Waals surface area (Å²) in [6.45, 7) is 6.54. The van der Waals surface area contributed by atoms with Crippen molar-refractivity contribution in [3.05, 3.63) is 63.2 Å². The number of halogens is 6. The minimum absolute atomic E-state index is 0.0731. The number of hydrogen-bond donors (Lipinski definition) is 1. The first-order chi connectivity index (χ1) is 18.2. The smallest absolute Gasteiger partial charge is 0.395 e. The molecule has 2 heterocycles. The molecule has 1 aliphatic heterocycles. The van der Waals surface area contributed by atoms with Gasteiger partial charge in [0, 0.05) is 25.3 Å². The first-order valence-electron chi connectivity index (χ1n) is 12.5. The van der Waals surface area contributed by atoms with Crippen LogP contribution in [0.4, 0.5) is 38.0 Å². The van der Waals surface area contributed by atoms with E-state index in [1.807, 2.05) is 26.8 Å². The second-order valence-corrected chi connectivity index (χ2v) is 9.87. The highest BCUT2D eigenvalue weighted by atomic mass is 19.4. The van der Waals surface area contributed by atoms with Crippen LogP contribution in [0.15, 0.2) is 24.3 Å². The minimum atomic E-state index is -4.96. The summed E-state index contributed by atoms with van der Waals surface area (Å²) in [4.78, 5) is 4.89. The van der Waals surface area contributed by atoms with Gasteiger partial charge in [-0.05, 0) is 84.8 Å². The van der Waals surface area contributed by atoms with Gasteiger partial charge in [-0.3, -0.25) is 0 Å². The molecule has 4 rings (SSSR count). The van der Waals surface area contributed by atoms with Crippen LogP contribution in [0.5, 0.6) is 0 Å². The summed E-state index contributed by atoms with van der Waals surface area (Å²) in [6, 6.07) is 3.11. The molecule has 0 amide bonds. The molecule has 212 valence electrons. The summed E-state index contributed by atoms with van der Waals surface area (Å²) in [7, 11) is 1.53. The summed E-state index contributed by atoms with van der Waals surface area (Å²) < 4.78 is 81.6. The average Bonchev–Trinajstić information content (AvgIpc) is 3.20. The van der Waals surface area contributed by atoms with E-state index in [1.165, 1.54) is 11.8 Å². The zero-order valence-electron chi connectivity index (χ0n) is 22.0. The van der Waals surface area contributed by atoms with Gasteiger partial charge in [0.25, 0.3) is 5.95 Å². The lowest BCUT2D eigenvalue weighted by Crippen LogP contribution is -2.31. The van der Waals surface area contributed by atoms with E-state index in [4.69, 9.17) is 0 Å². The van der Waals surface area contributed by atoms with E-state index in [-0.39, 0.29) is 30.7 Å². The van der Waals surface area contributed by atoms with Gasteiger partial charge in [0.1, 0.15) is 0 Å². The number of benzene rings is 2. The third-order valence-corrected chi connectivity index (χ3v) is 7.24. The standard InChI is InChI=1S/C26H30F6N6O/c1-15-10-21-22(6-5-7-37(8-9-39)23(21)17(3)16(15)2)38(24-33-35-36(4)34-24)14-18-11-19(25(27,28)29)13-20(12-18)26(30,31)32/h10-13,22,39H,5-9,14H2,1-4H3. The maximum absolute atomic E-state index is 13.6. The van der Waals surface area contributed by atoms with Gasteiger partial charge < -0.3 is 14.9 Å². The fourth-order valence-electron chi connectivity index (χ4n) is 5.20. The Morgan fingerprint density at radius 2 is 1.62 bits per heavy atom. The van der Waals surface area contributed by atoms with Crippen molar-refractivity contribution in [2.75, 3.05) is 29.5 Å². The maximum Gasteiger partial charge on any atom is 0.416 e. The van der Waals surface area contributed by atoms with Crippen molar-refractivity contribution in [1.82, 2.24) is 20.2 Å². The van der Waals surface area contributed by atoms with Crippen LogP contribution in [0.2, 0.25) is 0 Å². The Bertz CT molecular complexity index is 1300. The molecule has 3 aromatic rings. The molecule has 0 saturated carbocycles. The third-order valence-electron chi connectivity index (χ3n) is 7.24. The largest absolute Gasteiger partial charge is 0.416 e. The second-order valence-electron chi connectivity index (χ2n) is 9.87. The van der Waals surface area contributed by atoms with Gasteiger partial charge in [-0.25, -0.2) is 0 Å². The van der Waals surface area contributed by atoms with E-state index in [9.17, 15) is 31.4 Å². The van der Waals surface area contributed by atoms with E-state index in [1.54, 1.807) is 4.90 Å². The van der Waals surface area contributed by atoms with Crippen LogP contribution in [-0.2, 0) is 25.9 Å². The molecule has 7 nitrogen and oxygen atoms in total. The number of β-amino-alcohol motifs (C(OH)–C–C–N with tert-alkyl or cyclic N) is 1. The van der Waals surface area contributed by atoms with E-state index in [0.717, 1.165) is 40.1 Å². The van der Waals surface area contributed by atoms with Crippen LogP contribution in [0, 0.1) is 20.8 Å². The molecule has 1 unspecified atom stereocenters. The van der Waals surface area contributed by atoms with Crippen LogP contribution in [0.25, 0.3) is 0 Å². The monoisotopic (exact) mass is 556 g/mol. The molecule has 0 spiro atoms. The highest BCUT2D eigenvalue weighted by Crippen LogP contribution is 2.43. The molecule has 39 heavy (non-hydrogen) atoms. The Morgan fingerprint density at radius 3 is 2.15 bits per heavy atom. The number of nitrogens with zero attached hydrogens (tertiary/aromatic N) is 6.